The van der Waals surface area contributed by atoms with Gasteiger partial charge in [0.1, 0.15) is 6.67 Å². The van der Waals surface area contributed by atoms with Crippen molar-refractivity contribution in [2.75, 3.05) is 32.9 Å². The van der Waals surface area contributed by atoms with Gasteiger partial charge in [-0.05, 0) is 34.5 Å². The van der Waals surface area contributed by atoms with Gasteiger partial charge < -0.3 is 5.32 Å². The Morgan fingerprint density at radius 3 is 2.75 bits per heavy atom. The predicted octanol–water partition coefficient (Wildman–Crippen LogP) is 2.73. The molecule has 0 radical (unpaired) electrons. The van der Waals surface area contributed by atoms with Crippen LogP contribution < -0.4 is 5.32 Å². The standard InChI is InChI=1S/C11H16BrFN2S/c1-8-6-10(16-11(8)12)9(7-13)15-4-2-14-3-5-15/h6,9,14H,2-5,7H2,1H3/t9-/m0/s1. The minimum atomic E-state index is -0.299. The van der Waals surface area contributed by atoms with Crippen LogP contribution in [0.2, 0.25) is 0 Å². The van der Waals surface area contributed by atoms with E-state index >= 15 is 0 Å². The molecule has 1 aliphatic rings. The first-order valence-electron chi connectivity index (χ1n) is 5.49. The van der Waals surface area contributed by atoms with Crippen molar-refractivity contribution < 1.29 is 4.39 Å². The molecular formula is C11H16BrFN2S. The minimum absolute atomic E-state index is 0.0582. The molecular weight excluding hydrogens is 291 g/mol. The third kappa shape index (κ3) is 2.64. The Morgan fingerprint density at radius 1 is 1.56 bits per heavy atom. The lowest BCUT2D eigenvalue weighted by atomic mass is 10.2. The van der Waals surface area contributed by atoms with Crippen molar-refractivity contribution in [1.29, 1.82) is 0 Å². The fourth-order valence-corrected chi connectivity index (χ4v) is 3.68. The van der Waals surface area contributed by atoms with Crippen molar-refractivity contribution in [3.05, 3.63) is 20.3 Å². The van der Waals surface area contributed by atoms with Crippen LogP contribution in [-0.2, 0) is 0 Å². The summed E-state index contributed by atoms with van der Waals surface area (Å²) >= 11 is 5.16. The van der Waals surface area contributed by atoms with E-state index in [4.69, 9.17) is 0 Å². The molecule has 0 saturated carbocycles. The lowest BCUT2D eigenvalue weighted by Gasteiger charge is -2.32. The third-order valence-electron chi connectivity index (χ3n) is 2.94. The van der Waals surface area contributed by atoms with Gasteiger partial charge in [-0.2, -0.15) is 0 Å². The fourth-order valence-electron chi connectivity index (χ4n) is 2.00. The van der Waals surface area contributed by atoms with Gasteiger partial charge in [0.2, 0.25) is 0 Å². The summed E-state index contributed by atoms with van der Waals surface area (Å²) in [7, 11) is 0. The molecule has 1 saturated heterocycles. The Labute approximate surface area is 108 Å². The second-order valence-corrected chi connectivity index (χ2v) is 6.46. The van der Waals surface area contributed by atoms with Gasteiger partial charge in [-0.3, -0.25) is 4.90 Å². The van der Waals surface area contributed by atoms with Crippen molar-refractivity contribution in [3.8, 4) is 0 Å². The zero-order valence-corrected chi connectivity index (χ0v) is 11.7. The molecule has 0 bridgehead atoms. The molecule has 1 N–H and O–H groups in total. The van der Waals surface area contributed by atoms with Crippen LogP contribution in [0.15, 0.2) is 9.85 Å². The van der Waals surface area contributed by atoms with Crippen molar-refractivity contribution in [3.63, 3.8) is 0 Å². The lowest BCUT2D eigenvalue weighted by Crippen LogP contribution is -2.45. The molecule has 0 spiro atoms. The van der Waals surface area contributed by atoms with Crippen LogP contribution >= 0.6 is 27.3 Å². The largest absolute Gasteiger partial charge is 0.314 e. The summed E-state index contributed by atoms with van der Waals surface area (Å²) in [6, 6.07) is 2.04. The maximum absolute atomic E-state index is 13.2. The maximum Gasteiger partial charge on any atom is 0.110 e. The van der Waals surface area contributed by atoms with Crippen LogP contribution in [0.1, 0.15) is 16.5 Å². The van der Waals surface area contributed by atoms with Crippen molar-refractivity contribution in [2.24, 2.45) is 0 Å². The molecule has 1 atom stereocenters. The SMILES string of the molecule is Cc1cc([C@H](CF)N2CCNCC2)sc1Br. The third-order valence-corrected chi connectivity index (χ3v) is 5.18. The van der Waals surface area contributed by atoms with Crippen molar-refractivity contribution >= 4 is 27.3 Å². The van der Waals surface area contributed by atoms with Crippen LogP contribution in [0.4, 0.5) is 4.39 Å². The summed E-state index contributed by atoms with van der Waals surface area (Å²) in [5, 5.41) is 3.29. The molecule has 2 heterocycles. The van der Waals surface area contributed by atoms with Crippen molar-refractivity contribution in [2.45, 2.75) is 13.0 Å². The van der Waals surface area contributed by atoms with Gasteiger partial charge in [-0.1, -0.05) is 0 Å². The van der Waals surface area contributed by atoms with Gasteiger partial charge in [-0.25, -0.2) is 4.39 Å². The molecule has 0 amide bonds. The topological polar surface area (TPSA) is 15.3 Å². The van der Waals surface area contributed by atoms with Crippen LogP contribution in [0.5, 0.6) is 0 Å². The number of halogens is 2. The Morgan fingerprint density at radius 2 is 2.25 bits per heavy atom. The average Bonchev–Trinajstić information content (AvgIpc) is 2.61. The molecule has 1 fully saturated rings. The highest BCUT2D eigenvalue weighted by Gasteiger charge is 2.23. The molecule has 2 rings (SSSR count). The highest BCUT2D eigenvalue weighted by molar-refractivity contribution is 9.11. The molecule has 16 heavy (non-hydrogen) atoms. The zero-order chi connectivity index (χ0) is 11.5. The quantitative estimate of drug-likeness (QED) is 0.924. The number of hydrogen-bond acceptors (Lipinski definition) is 3. The number of hydrogen-bond donors (Lipinski definition) is 1. The van der Waals surface area contributed by atoms with Gasteiger partial charge in [0.05, 0.1) is 9.83 Å². The van der Waals surface area contributed by atoms with Gasteiger partial charge >= 0.3 is 0 Å². The van der Waals surface area contributed by atoms with Gasteiger partial charge in [-0.15, -0.1) is 11.3 Å². The maximum atomic E-state index is 13.2. The molecule has 2 nitrogen and oxygen atoms in total. The molecule has 1 aliphatic heterocycles. The van der Waals surface area contributed by atoms with Gasteiger partial charge in [0.25, 0.3) is 0 Å². The highest BCUT2D eigenvalue weighted by atomic mass is 79.9. The number of aryl methyl sites for hydroxylation is 1. The smallest absolute Gasteiger partial charge is 0.110 e. The predicted molar refractivity (Wildman–Crippen MR) is 69.9 cm³/mol. The van der Waals surface area contributed by atoms with E-state index in [0.717, 1.165) is 34.8 Å². The van der Waals surface area contributed by atoms with Crippen LogP contribution in [0, 0.1) is 6.92 Å². The van der Waals surface area contributed by atoms with Gasteiger partial charge in [0.15, 0.2) is 0 Å². The monoisotopic (exact) mass is 306 g/mol. The van der Waals surface area contributed by atoms with E-state index in [1.807, 2.05) is 0 Å². The first-order chi connectivity index (χ1) is 7.72. The zero-order valence-electron chi connectivity index (χ0n) is 9.30. The number of nitrogens with one attached hydrogen (secondary N) is 1. The van der Waals surface area contributed by atoms with Crippen LogP contribution in [-0.4, -0.2) is 37.8 Å². The molecule has 0 aromatic carbocycles. The Hall–Kier alpha value is 0.0300. The number of nitrogens with zero attached hydrogens (tertiary/aromatic N) is 1. The van der Waals surface area contributed by atoms with E-state index in [9.17, 15) is 4.39 Å². The second kappa shape index (κ2) is 5.58. The Bertz CT molecular complexity index is 330. The summed E-state index contributed by atoms with van der Waals surface area (Å²) in [6.07, 6.45) is 0. The van der Waals surface area contributed by atoms with Crippen LogP contribution in [0.25, 0.3) is 0 Å². The Kier molecular flexibility index (Phi) is 4.35. The normalized spacial score (nSPS) is 19.9. The number of rotatable bonds is 3. The van der Waals surface area contributed by atoms with E-state index < -0.39 is 0 Å². The summed E-state index contributed by atoms with van der Waals surface area (Å²) in [6.45, 7) is 5.54. The van der Waals surface area contributed by atoms with Gasteiger partial charge in [0, 0.05) is 31.1 Å². The van der Waals surface area contributed by atoms with E-state index in [0.29, 0.717) is 0 Å². The number of alkyl halides is 1. The molecule has 1 aromatic rings. The highest BCUT2D eigenvalue weighted by Crippen LogP contribution is 2.34. The summed E-state index contributed by atoms with van der Waals surface area (Å²) < 4.78 is 14.3. The van der Waals surface area contributed by atoms with Crippen LogP contribution in [0.3, 0.4) is 0 Å². The lowest BCUT2D eigenvalue weighted by molar-refractivity contribution is 0.150. The first-order valence-corrected chi connectivity index (χ1v) is 7.10. The first kappa shape index (κ1) is 12.5. The van der Waals surface area contributed by atoms with E-state index in [1.54, 1.807) is 11.3 Å². The summed E-state index contributed by atoms with van der Waals surface area (Å²) in [4.78, 5) is 3.36. The Balaban J connectivity index is 2.14. The molecule has 1 aromatic heterocycles. The molecule has 90 valence electrons. The number of piperazine rings is 1. The van der Waals surface area contributed by atoms with Crippen molar-refractivity contribution in [1.82, 2.24) is 10.2 Å². The molecule has 5 heteroatoms. The van der Waals surface area contributed by atoms with E-state index in [-0.39, 0.29) is 12.7 Å². The molecule has 0 aliphatic carbocycles. The average molecular weight is 307 g/mol. The summed E-state index contributed by atoms with van der Waals surface area (Å²) in [5.74, 6) is 0. The minimum Gasteiger partial charge on any atom is -0.314 e. The van der Waals surface area contributed by atoms with E-state index in [1.165, 1.54) is 5.56 Å². The number of thiophene rings is 1. The fraction of sp³-hybridized carbons (Fsp3) is 0.636. The summed E-state index contributed by atoms with van der Waals surface area (Å²) in [5.41, 5.74) is 1.20. The van der Waals surface area contributed by atoms with E-state index in [2.05, 4.69) is 39.1 Å². The second-order valence-electron chi connectivity index (χ2n) is 4.06. The molecule has 0 unspecified atom stereocenters.